The molecule has 3 nitrogen and oxygen atoms in total. The number of amides is 1. The van der Waals surface area contributed by atoms with E-state index in [2.05, 4.69) is 33.0 Å². The lowest BCUT2D eigenvalue weighted by Crippen LogP contribution is -2.43. The van der Waals surface area contributed by atoms with E-state index in [0.717, 1.165) is 18.4 Å². The normalized spacial score (nSPS) is 15.5. The number of benzene rings is 1. The Morgan fingerprint density at radius 3 is 2.29 bits per heavy atom. The minimum atomic E-state index is -0.0878. The zero-order chi connectivity index (χ0) is 15.8. The van der Waals surface area contributed by atoms with Crippen LogP contribution in [0.1, 0.15) is 52.0 Å². The van der Waals surface area contributed by atoms with Crippen molar-refractivity contribution < 1.29 is 4.79 Å². The number of hydrogen-bond donors (Lipinski definition) is 2. The summed E-state index contributed by atoms with van der Waals surface area (Å²) in [5.74, 6) is 0.752. The molecule has 0 aliphatic carbocycles. The predicted molar refractivity (Wildman–Crippen MR) is 89.1 cm³/mol. The number of nitrogens with one attached hydrogen (secondary N) is 1. The zero-order valence-corrected chi connectivity index (χ0v) is 13.8. The van der Waals surface area contributed by atoms with Crippen molar-refractivity contribution in [1.82, 2.24) is 5.32 Å². The van der Waals surface area contributed by atoms with Crippen molar-refractivity contribution in [2.24, 2.45) is 17.6 Å². The van der Waals surface area contributed by atoms with Gasteiger partial charge in [0.15, 0.2) is 0 Å². The lowest BCUT2D eigenvalue weighted by molar-refractivity contribution is -0.124. The molecule has 1 rings (SSSR count). The van der Waals surface area contributed by atoms with E-state index in [1.165, 1.54) is 0 Å². The van der Waals surface area contributed by atoms with Crippen LogP contribution in [0.5, 0.6) is 0 Å². The van der Waals surface area contributed by atoms with Crippen LogP contribution >= 0.6 is 0 Å². The minimum absolute atomic E-state index is 0.0878. The van der Waals surface area contributed by atoms with Gasteiger partial charge in [-0.1, -0.05) is 64.4 Å². The fourth-order valence-electron chi connectivity index (χ4n) is 2.66. The molecule has 0 aliphatic heterocycles. The van der Waals surface area contributed by atoms with E-state index in [9.17, 15) is 4.79 Å². The summed E-state index contributed by atoms with van der Waals surface area (Å²) in [6.07, 6.45) is 1.81. The van der Waals surface area contributed by atoms with Crippen molar-refractivity contribution in [2.45, 2.75) is 52.5 Å². The maximum Gasteiger partial charge on any atom is 0.228 e. The molecule has 1 amide bonds. The van der Waals surface area contributed by atoms with Gasteiger partial charge >= 0.3 is 0 Å². The average Bonchev–Trinajstić information content (AvgIpc) is 2.47. The number of carbonyl (C=O) groups is 1. The van der Waals surface area contributed by atoms with Gasteiger partial charge in [0.05, 0.1) is 5.92 Å². The molecule has 1 aromatic rings. The third kappa shape index (κ3) is 5.16. The van der Waals surface area contributed by atoms with Crippen molar-refractivity contribution in [2.75, 3.05) is 6.54 Å². The molecule has 0 aliphatic rings. The summed E-state index contributed by atoms with van der Waals surface area (Å²) in [6, 6.07) is 10.2. The second kappa shape index (κ2) is 8.83. The Hall–Kier alpha value is -1.35. The van der Waals surface area contributed by atoms with Gasteiger partial charge in [-0.3, -0.25) is 4.79 Å². The number of hydrogen-bond acceptors (Lipinski definition) is 2. The lowest BCUT2D eigenvalue weighted by atomic mass is 9.84. The fraction of sp³-hybridized carbons (Fsp3) is 0.611. The standard InChI is InChI=1S/C18H30N2O/c1-5-14(4)17(15-9-7-6-8-10-15)18(21)20-16(11-12-19)13(2)3/h6-10,13-14,16-17H,5,11-12,19H2,1-4H3,(H,20,21). The first kappa shape index (κ1) is 17.7. The van der Waals surface area contributed by atoms with Gasteiger partial charge < -0.3 is 11.1 Å². The topological polar surface area (TPSA) is 55.1 Å². The van der Waals surface area contributed by atoms with Gasteiger partial charge in [0.2, 0.25) is 5.91 Å². The predicted octanol–water partition coefficient (Wildman–Crippen LogP) is 3.31. The van der Waals surface area contributed by atoms with Gasteiger partial charge in [0.1, 0.15) is 0 Å². The Balaban J connectivity index is 2.91. The van der Waals surface area contributed by atoms with E-state index in [4.69, 9.17) is 5.73 Å². The highest BCUT2D eigenvalue weighted by atomic mass is 16.2. The van der Waals surface area contributed by atoms with Crippen LogP contribution in [0.3, 0.4) is 0 Å². The summed E-state index contributed by atoms with van der Waals surface area (Å²) < 4.78 is 0. The van der Waals surface area contributed by atoms with E-state index in [1.807, 2.05) is 30.3 Å². The Bertz CT molecular complexity index is 416. The van der Waals surface area contributed by atoms with E-state index in [1.54, 1.807) is 0 Å². The van der Waals surface area contributed by atoms with Crippen LogP contribution in [0.25, 0.3) is 0 Å². The molecule has 21 heavy (non-hydrogen) atoms. The SMILES string of the molecule is CCC(C)C(C(=O)NC(CCN)C(C)C)c1ccccc1. The Morgan fingerprint density at radius 2 is 1.81 bits per heavy atom. The summed E-state index contributed by atoms with van der Waals surface area (Å²) in [4.78, 5) is 12.8. The largest absolute Gasteiger partial charge is 0.353 e. The number of rotatable bonds is 8. The molecule has 0 radical (unpaired) electrons. The Labute approximate surface area is 129 Å². The molecule has 0 aromatic heterocycles. The summed E-state index contributed by atoms with van der Waals surface area (Å²) in [5, 5.41) is 3.21. The monoisotopic (exact) mass is 290 g/mol. The Morgan fingerprint density at radius 1 is 1.19 bits per heavy atom. The molecule has 0 fully saturated rings. The van der Waals surface area contributed by atoms with E-state index < -0.39 is 0 Å². The van der Waals surface area contributed by atoms with Gasteiger partial charge in [0.25, 0.3) is 0 Å². The maximum absolute atomic E-state index is 12.8. The molecule has 118 valence electrons. The third-order valence-electron chi connectivity index (χ3n) is 4.26. The molecule has 3 atom stereocenters. The maximum atomic E-state index is 12.8. The highest BCUT2D eigenvalue weighted by Crippen LogP contribution is 2.27. The second-order valence-electron chi connectivity index (χ2n) is 6.21. The highest BCUT2D eigenvalue weighted by molar-refractivity contribution is 5.84. The number of carbonyl (C=O) groups excluding carboxylic acids is 1. The first-order valence-corrected chi connectivity index (χ1v) is 8.06. The summed E-state index contributed by atoms with van der Waals surface area (Å²) in [7, 11) is 0. The smallest absolute Gasteiger partial charge is 0.228 e. The van der Waals surface area contributed by atoms with Crippen LogP contribution < -0.4 is 11.1 Å². The molecular formula is C18H30N2O. The fourth-order valence-corrected chi connectivity index (χ4v) is 2.66. The second-order valence-corrected chi connectivity index (χ2v) is 6.21. The number of nitrogens with two attached hydrogens (primary N) is 1. The van der Waals surface area contributed by atoms with Crippen LogP contribution in [0, 0.1) is 11.8 Å². The molecule has 0 heterocycles. The van der Waals surface area contributed by atoms with Gasteiger partial charge in [-0.05, 0) is 30.4 Å². The Kier molecular flexibility index (Phi) is 7.44. The molecule has 0 saturated carbocycles. The average molecular weight is 290 g/mol. The van der Waals surface area contributed by atoms with Crippen molar-refractivity contribution in [3.8, 4) is 0 Å². The summed E-state index contributed by atoms with van der Waals surface area (Å²) in [6.45, 7) is 9.13. The molecule has 1 aromatic carbocycles. The molecule has 3 heteroatoms. The summed E-state index contributed by atoms with van der Waals surface area (Å²) >= 11 is 0. The van der Waals surface area contributed by atoms with E-state index in [0.29, 0.717) is 18.4 Å². The molecular weight excluding hydrogens is 260 g/mol. The summed E-state index contributed by atoms with van der Waals surface area (Å²) in [5.41, 5.74) is 6.76. The molecule has 0 spiro atoms. The van der Waals surface area contributed by atoms with Gasteiger partial charge in [-0.2, -0.15) is 0 Å². The third-order valence-corrected chi connectivity index (χ3v) is 4.26. The lowest BCUT2D eigenvalue weighted by Gasteiger charge is -2.28. The van der Waals surface area contributed by atoms with Crippen LogP contribution in [-0.4, -0.2) is 18.5 Å². The van der Waals surface area contributed by atoms with Crippen molar-refractivity contribution in [3.63, 3.8) is 0 Å². The van der Waals surface area contributed by atoms with Crippen LogP contribution in [0.4, 0.5) is 0 Å². The van der Waals surface area contributed by atoms with Crippen molar-refractivity contribution in [3.05, 3.63) is 35.9 Å². The minimum Gasteiger partial charge on any atom is -0.353 e. The first-order chi connectivity index (χ1) is 10.0. The molecule has 0 bridgehead atoms. The first-order valence-electron chi connectivity index (χ1n) is 8.06. The van der Waals surface area contributed by atoms with Crippen LogP contribution in [-0.2, 0) is 4.79 Å². The van der Waals surface area contributed by atoms with Gasteiger partial charge in [-0.25, -0.2) is 0 Å². The molecule has 3 unspecified atom stereocenters. The van der Waals surface area contributed by atoms with Gasteiger partial charge in [0, 0.05) is 6.04 Å². The van der Waals surface area contributed by atoms with E-state index in [-0.39, 0.29) is 17.9 Å². The molecule has 3 N–H and O–H groups in total. The van der Waals surface area contributed by atoms with Gasteiger partial charge in [-0.15, -0.1) is 0 Å². The van der Waals surface area contributed by atoms with Crippen molar-refractivity contribution >= 4 is 5.91 Å². The van der Waals surface area contributed by atoms with Crippen LogP contribution in [0.15, 0.2) is 30.3 Å². The van der Waals surface area contributed by atoms with Crippen LogP contribution in [0.2, 0.25) is 0 Å². The van der Waals surface area contributed by atoms with E-state index >= 15 is 0 Å². The highest BCUT2D eigenvalue weighted by Gasteiger charge is 2.27. The zero-order valence-electron chi connectivity index (χ0n) is 13.8. The van der Waals surface area contributed by atoms with Crippen molar-refractivity contribution in [1.29, 1.82) is 0 Å². The quantitative estimate of drug-likeness (QED) is 0.772. The molecule has 0 saturated heterocycles.